The summed E-state index contributed by atoms with van der Waals surface area (Å²) in [6, 6.07) is 7.05. The van der Waals surface area contributed by atoms with Crippen molar-refractivity contribution < 1.29 is 9.53 Å². The van der Waals surface area contributed by atoms with Crippen molar-refractivity contribution >= 4 is 27.5 Å². The molecule has 3 N–H and O–H groups in total. The Balaban J connectivity index is 1.70. The number of aromatic amines is 1. The molecule has 7 heteroatoms. The molecule has 3 aromatic rings. The van der Waals surface area contributed by atoms with Crippen LogP contribution in [0.25, 0.3) is 21.6 Å². The van der Waals surface area contributed by atoms with Crippen LogP contribution in [0.4, 0.5) is 0 Å². The van der Waals surface area contributed by atoms with E-state index in [1.807, 2.05) is 0 Å². The van der Waals surface area contributed by atoms with E-state index in [1.54, 1.807) is 35.6 Å². The van der Waals surface area contributed by atoms with Gasteiger partial charge in [-0.15, -0.1) is 11.3 Å². The highest BCUT2D eigenvalue weighted by Gasteiger charge is 2.20. The number of benzene rings is 1. The number of hydrogen-bond donors (Lipinski definition) is 2. The maximum Gasteiger partial charge on any atom is 0.260 e. The van der Waals surface area contributed by atoms with Gasteiger partial charge in [0.05, 0.1) is 5.39 Å². The number of nitrogens with one attached hydrogen (secondary N) is 1. The number of carbonyl (C=O) groups is 1. The van der Waals surface area contributed by atoms with Gasteiger partial charge in [0.25, 0.3) is 11.5 Å². The van der Waals surface area contributed by atoms with Crippen molar-refractivity contribution in [1.82, 2.24) is 9.97 Å². The number of aromatic nitrogens is 2. The Morgan fingerprint density at radius 1 is 1.24 bits per heavy atom. The molecule has 2 heterocycles. The van der Waals surface area contributed by atoms with E-state index in [2.05, 4.69) is 9.97 Å². The first-order chi connectivity index (χ1) is 12.1. The van der Waals surface area contributed by atoms with Gasteiger partial charge in [0.1, 0.15) is 16.4 Å². The lowest BCUT2D eigenvalue weighted by Gasteiger charge is -2.09. The molecule has 0 saturated heterocycles. The number of H-pyrrole nitrogens is 1. The molecule has 1 aromatic carbocycles. The molecule has 0 aliphatic heterocycles. The maximum atomic E-state index is 12.6. The molecule has 1 aliphatic carbocycles. The smallest absolute Gasteiger partial charge is 0.260 e. The van der Waals surface area contributed by atoms with E-state index < -0.39 is 5.91 Å². The fourth-order valence-electron chi connectivity index (χ4n) is 3.16. The molecule has 0 radical (unpaired) electrons. The number of fused-ring (bicyclic) bond motifs is 3. The summed E-state index contributed by atoms with van der Waals surface area (Å²) < 4.78 is 5.24. The molecule has 25 heavy (non-hydrogen) atoms. The lowest BCUT2D eigenvalue weighted by atomic mass is 9.97. The minimum absolute atomic E-state index is 0.0755. The van der Waals surface area contributed by atoms with Crippen LogP contribution in [-0.2, 0) is 17.6 Å². The Morgan fingerprint density at radius 3 is 2.76 bits per heavy atom. The standard InChI is InChI=1S/C18H17N3O3S/c19-14(22)9-24-11-7-5-10(6-8-11)16-20-17(23)15-12-3-1-2-4-13(12)25-18(15)21-16/h5-8H,1-4,9H2,(H2,19,22)(H,20,21,23). The van der Waals surface area contributed by atoms with E-state index in [4.69, 9.17) is 10.5 Å². The Kier molecular flexibility index (Phi) is 4.01. The number of hydrogen-bond acceptors (Lipinski definition) is 5. The highest BCUT2D eigenvalue weighted by Crippen LogP contribution is 2.34. The highest BCUT2D eigenvalue weighted by atomic mass is 32.1. The third kappa shape index (κ3) is 3.02. The van der Waals surface area contributed by atoms with Crippen LogP contribution in [0.2, 0.25) is 0 Å². The van der Waals surface area contributed by atoms with Crippen LogP contribution in [0.5, 0.6) is 5.75 Å². The summed E-state index contributed by atoms with van der Waals surface area (Å²) >= 11 is 1.63. The largest absolute Gasteiger partial charge is 0.484 e. The zero-order valence-corrected chi connectivity index (χ0v) is 14.3. The molecule has 1 aliphatic rings. The zero-order chi connectivity index (χ0) is 17.4. The van der Waals surface area contributed by atoms with Crippen LogP contribution < -0.4 is 16.0 Å². The van der Waals surface area contributed by atoms with Gasteiger partial charge in [-0.05, 0) is 55.5 Å². The summed E-state index contributed by atoms with van der Waals surface area (Å²) in [6.07, 6.45) is 4.31. The van der Waals surface area contributed by atoms with E-state index in [1.165, 1.54) is 16.9 Å². The van der Waals surface area contributed by atoms with Crippen molar-refractivity contribution in [2.24, 2.45) is 5.73 Å². The van der Waals surface area contributed by atoms with Crippen LogP contribution in [0.3, 0.4) is 0 Å². The molecular formula is C18H17N3O3S. The molecule has 2 aromatic heterocycles. The molecule has 0 atom stereocenters. The van der Waals surface area contributed by atoms with Crippen LogP contribution >= 0.6 is 11.3 Å². The van der Waals surface area contributed by atoms with Crippen LogP contribution in [-0.4, -0.2) is 22.5 Å². The van der Waals surface area contributed by atoms with Gasteiger partial charge in [-0.1, -0.05) is 0 Å². The summed E-state index contributed by atoms with van der Waals surface area (Å²) in [4.78, 5) is 33.0. The van der Waals surface area contributed by atoms with Gasteiger partial charge in [-0.3, -0.25) is 9.59 Å². The summed E-state index contributed by atoms with van der Waals surface area (Å²) in [6.45, 7) is -0.166. The topological polar surface area (TPSA) is 98.1 Å². The first kappa shape index (κ1) is 15.8. The van der Waals surface area contributed by atoms with E-state index >= 15 is 0 Å². The average Bonchev–Trinajstić information content (AvgIpc) is 2.99. The summed E-state index contributed by atoms with van der Waals surface area (Å²) in [5.41, 5.74) is 6.96. The Hall–Kier alpha value is -2.67. The molecular weight excluding hydrogens is 338 g/mol. The molecule has 0 bridgehead atoms. The van der Waals surface area contributed by atoms with Gasteiger partial charge in [-0.2, -0.15) is 0 Å². The zero-order valence-electron chi connectivity index (χ0n) is 13.5. The normalized spacial score (nSPS) is 13.6. The first-order valence-corrected chi connectivity index (χ1v) is 8.99. The van der Waals surface area contributed by atoms with Crippen molar-refractivity contribution in [1.29, 1.82) is 0 Å². The van der Waals surface area contributed by atoms with Gasteiger partial charge < -0.3 is 15.5 Å². The molecule has 0 unspecified atom stereocenters. The molecule has 6 nitrogen and oxygen atoms in total. The number of rotatable bonds is 4. The SMILES string of the molecule is NC(=O)COc1ccc(-c2nc3sc4c(c3c(=O)[nH]2)CCCC4)cc1. The summed E-state index contributed by atoms with van der Waals surface area (Å²) in [7, 11) is 0. The molecule has 128 valence electrons. The van der Waals surface area contributed by atoms with Gasteiger partial charge in [0.2, 0.25) is 0 Å². The number of amides is 1. The van der Waals surface area contributed by atoms with E-state index in [-0.39, 0.29) is 12.2 Å². The van der Waals surface area contributed by atoms with Crippen LogP contribution in [0.15, 0.2) is 29.1 Å². The lowest BCUT2D eigenvalue weighted by molar-refractivity contribution is -0.119. The van der Waals surface area contributed by atoms with Crippen molar-refractivity contribution in [3.63, 3.8) is 0 Å². The minimum atomic E-state index is -0.526. The maximum absolute atomic E-state index is 12.6. The van der Waals surface area contributed by atoms with Crippen molar-refractivity contribution in [3.8, 4) is 17.1 Å². The van der Waals surface area contributed by atoms with Crippen LogP contribution in [0, 0.1) is 0 Å². The Labute approximate surface area is 147 Å². The Morgan fingerprint density at radius 2 is 2.00 bits per heavy atom. The summed E-state index contributed by atoms with van der Waals surface area (Å²) in [5.74, 6) is 0.553. The van der Waals surface area contributed by atoms with E-state index in [9.17, 15) is 9.59 Å². The number of thiophene rings is 1. The third-order valence-electron chi connectivity index (χ3n) is 4.33. The molecule has 0 spiro atoms. The molecule has 1 amide bonds. The van der Waals surface area contributed by atoms with E-state index in [0.29, 0.717) is 11.6 Å². The number of nitrogens with zero attached hydrogens (tertiary/aromatic N) is 1. The number of primary amides is 1. The van der Waals surface area contributed by atoms with Crippen molar-refractivity contribution in [2.45, 2.75) is 25.7 Å². The van der Waals surface area contributed by atoms with Crippen molar-refractivity contribution in [2.75, 3.05) is 6.61 Å². The van der Waals surface area contributed by atoms with Gasteiger partial charge in [-0.25, -0.2) is 4.98 Å². The predicted octanol–water partition coefficient (Wildman–Crippen LogP) is 2.39. The monoisotopic (exact) mass is 355 g/mol. The summed E-state index contributed by atoms with van der Waals surface area (Å²) in [5, 5.41) is 0.755. The van der Waals surface area contributed by atoms with E-state index in [0.717, 1.165) is 35.0 Å². The number of carbonyl (C=O) groups excluding carboxylic acids is 1. The number of aryl methyl sites for hydroxylation is 2. The molecule has 0 fully saturated rings. The van der Waals surface area contributed by atoms with Crippen molar-refractivity contribution in [3.05, 3.63) is 45.1 Å². The minimum Gasteiger partial charge on any atom is -0.484 e. The second kappa shape index (κ2) is 6.33. The predicted molar refractivity (Wildman–Crippen MR) is 97.0 cm³/mol. The average molecular weight is 355 g/mol. The fraction of sp³-hybridized carbons (Fsp3) is 0.278. The highest BCUT2D eigenvalue weighted by molar-refractivity contribution is 7.18. The van der Waals surface area contributed by atoms with Gasteiger partial charge in [0, 0.05) is 10.4 Å². The fourth-order valence-corrected chi connectivity index (χ4v) is 4.43. The Bertz CT molecular complexity index is 1000. The lowest BCUT2D eigenvalue weighted by Crippen LogP contribution is -2.19. The molecule has 4 rings (SSSR count). The van der Waals surface area contributed by atoms with Crippen LogP contribution in [0.1, 0.15) is 23.3 Å². The second-order valence-corrected chi connectivity index (χ2v) is 7.17. The third-order valence-corrected chi connectivity index (χ3v) is 5.52. The van der Waals surface area contributed by atoms with Gasteiger partial charge in [0.15, 0.2) is 6.61 Å². The molecule has 0 saturated carbocycles. The van der Waals surface area contributed by atoms with Gasteiger partial charge >= 0.3 is 0 Å². The number of ether oxygens (including phenoxy) is 1. The number of nitrogens with two attached hydrogens (primary N) is 1. The second-order valence-electron chi connectivity index (χ2n) is 6.08. The quantitative estimate of drug-likeness (QED) is 0.751. The first-order valence-electron chi connectivity index (χ1n) is 8.18.